The molecule has 0 saturated carbocycles. The smallest absolute Gasteiger partial charge is 0.133 e. The van der Waals surface area contributed by atoms with Crippen LogP contribution in [0.25, 0.3) is 44.3 Å². The Morgan fingerprint density at radius 2 is 1.05 bits per heavy atom. The molecule has 1 atom stereocenters. The van der Waals surface area contributed by atoms with Gasteiger partial charge in [-0.2, -0.15) is 0 Å². The standard InChI is InChI=1S/C53H35N3O/c1-2-15-35(16-3-1)52-54-45(34-29-31-36(32-30-34)56-47-25-10-5-18-38(47)39-19-6-11-26-48(39)56)33-46(55-52)41-21-14-20-40-37-17-4-7-22-42(37)53(51(40)41)43-23-8-12-27-49(43)57-50-28-13-9-24-44(50)53/h1-33,45H,(H,54,55). The van der Waals surface area contributed by atoms with Gasteiger partial charge in [0.05, 0.1) is 22.5 Å². The normalized spacial score (nSPS) is 15.8. The fraction of sp³-hybridized carbons (Fsp3) is 0.0377. The van der Waals surface area contributed by atoms with E-state index in [1.807, 2.05) is 0 Å². The maximum absolute atomic E-state index is 6.66. The highest BCUT2D eigenvalue weighted by molar-refractivity contribution is 6.09. The van der Waals surface area contributed by atoms with Crippen LogP contribution < -0.4 is 10.1 Å². The monoisotopic (exact) mass is 729 g/mol. The maximum Gasteiger partial charge on any atom is 0.133 e. The summed E-state index contributed by atoms with van der Waals surface area (Å²) in [4.78, 5) is 5.40. The van der Waals surface area contributed by atoms with Crippen LogP contribution in [0.1, 0.15) is 45.0 Å². The lowest BCUT2D eigenvalue weighted by atomic mass is 9.65. The van der Waals surface area contributed by atoms with Crippen molar-refractivity contribution in [1.29, 1.82) is 0 Å². The molecule has 0 saturated heterocycles. The minimum atomic E-state index is -0.600. The van der Waals surface area contributed by atoms with Crippen molar-refractivity contribution >= 4 is 33.3 Å². The summed E-state index contributed by atoms with van der Waals surface area (Å²) in [6.07, 6.45) is 2.31. The van der Waals surface area contributed by atoms with E-state index >= 15 is 0 Å². The van der Waals surface area contributed by atoms with Gasteiger partial charge in [-0.15, -0.1) is 0 Å². The van der Waals surface area contributed by atoms with E-state index in [4.69, 9.17) is 9.73 Å². The van der Waals surface area contributed by atoms with Gasteiger partial charge in [-0.05, 0) is 70.3 Å². The summed E-state index contributed by atoms with van der Waals surface area (Å²) in [6, 6.07) is 69.3. The van der Waals surface area contributed by atoms with E-state index < -0.39 is 5.41 Å². The number of rotatable bonds is 4. The van der Waals surface area contributed by atoms with E-state index in [1.54, 1.807) is 0 Å². The Hall–Kier alpha value is -7.43. The number of aliphatic imine (C=N–C) groups is 1. The van der Waals surface area contributed by atoms with Crippen molar-refractivity contribution in [3.63, 3.8) is 0 Å². The molecule has 4 heteroatoms. The van der Waals surface area contributed by atoms with Gasteiger partial charge in [-0.25, -0.2) is 0 Å². The molecule has 1 aromatic heterocycles. The highest BCUT2D eigenvalue weighted by atomic mass is 16.5. The molecule has 3 aliphatic rings. The van der Waals surface area contributed by atoms with Crippen molar-refractivity contribution in [2.24, 2.45) is 4.99 Å². The average molecular weight is 730 g/mol. The van der Waals surface area contributed by atoms with Gasteiger partial charge in [0.1, 0.15) is 17.3 Å². The lowest BCUT2D eigenvalue weighted by molar-refractivity contribution is 0.436. The first kappa shape index (κ1) is 31.9. The van der Waals surface area contributed by atoms with Gasteiger partial charge in [0.15, 0.2) is 0 Å². The molecule has 2 aliphatic heterocycles. The van der Waals surface area contributed by atoms with Crippen molar-refractivity contribution in [3.8, 4) is 28.3 Å². The minimum Gasteiger partial charge on any atom is -0.457 e. The second-order valence-electron chi connectivity index (χ2n) is 15.1. The summed E-state index contributed by atoms with van der Waals surface area (Å²) in [5, 5.41) is 6.37. The molecule has 0 fully saturated rings. The summed E-state index contributed by atoms with van der Waals surface area (Å²) in [7, 11) is 0. The summed E-state index contributed by atoms with van der Waals surface area (Å²) in [6.45, 7) is 0. The Bertz CT molecular complexity index is 3040. The summed E-state index contributed by atoms with van der Waals surface area (Å²) >= 11 is 0. The first-order chi connectivity index (χ1) is 28.3. The fourth-order valence-electron chi connectivity index (χ4n) is 9.77. The Morgan fingerprint density at radius 1 is 0.491 bits per heavy atom. The molecule has 57 heavy (non-hydrogen) atoms. The number of para-hydroxylation sites is 4. The van der Waals surface area contributed by atoms with E-state index in [-0.39, 0.29) is 6.04 Å². The number of nitrogens with one attached hydrogen (secondary N) is 1. The van der Waals surface area contributed by atoms with Crippen LogP contribution >= 0.6 is 0 Å². The molecule has 1 aliphatic carbocycles. The number of hydrogen-bond donors (Lipinski definition) is 1. The molecule has 9 aromatic rings. The molecule has 3 heterocycles. The first-order valence-electron chi connectivity index (χ1n) is 19.6. The minimum absolute atomic E-state index is 0.228. The molecular weight excluding hydrogens is 695 g/mol. The predicted molar refractivity (Wildman–Crippen MR) is 231 cm³/mol. The van der Waals surface area contributed by atoms with Crippen LogP contribution in [0.15, 0.2) is 205 Å². The zero-order valence-corrected chi connectivity index (χ0v) is 30.9. The van der Waals surface area contributed by atoms with Crippen molar-refractivity contribution in [2.45, 2.75) is 11.5 Å². The molecule has 8 aromatic carbocycles. The Balaban J connectivity index is 1.06. The van der Waals surface area contributed by atoms with Gasteiger partial charge in [-0.3, -0.25) is 4.99 Å². The lowest BCUT2D eigenvalue weighted by Crippen LogP contribution is -2.34. The highest BCUT2D eigenvalue weighted by Crippen LogP contribution is 2.63. The third-order valence-electron chi connectivity index (χ3n) is 12.1. The number of aromatic nitrogens is 1. The molecule has 0 bridgehead atoms. The topological polar surface area (TPSA) is 38.5 Å². The quantitative estimate of drug-likeness (QED) is 0.196. The number of ether oxygens (including phenoxy) is 1. The average Bonchev–Trinajstić information content (AvgIpc) is 3.78. The lowest BCUT2D eigenvalue weighted by Gasteiger charge is -2.40. The summed E-state index contributed by atoms with van der Waals surface area (Å²) in [5.41, 5.74) is 14.5. The molecule has 1 spiro atoms. The Labute approximate surface area is 330 Å². The van der Waals surface area contributed by atoms with Gasteiger partial charge in [-0.1, -0.05) is 158 Å². The van der Waals surface area contributed by atoms with Gasteiger partial charge in [0.25, 0.3) is 0 Å². The third kappa shape index (κ3) is 4.59. The van der Waals surface area contributed by atoms with E-state index in [0.29, 0.717) is 0 Å². The molecular formula is C53H35N3O. The predicted octanol–water partition coefficient (Wildman–Crippen LogP) is 12.4. The fourth-order valence-corrected chi connectivity index (χ4v) is 9.77. The third-order valence-corrected chi connectivity index (χ3v) is 12.1. The van der Waals surface area contributed by atoms with Gasteiger partial charge < -0.3 is 14.6 Å². The van der Waals surface area contributed by atoms with E-state index in [9.17, 15) is 0 Å². The number of nitrogens with zero attached hydrogens (tertiary/aromatic N) is 2. The van der Waals surface area contributed by atoms with Crippen LogP contribution in [0.2, 0.25) is 0 Å². The van der Waals surface area contributed by atoms with Gasteiger partial charge >= 0.3 is 0 Å². The molecule has 4 nitrogen and oxygen atoms in total. The number of hydrogen-bond acceptors (Lipinski definition) is 3. The molecule has 0 amide bonds. The van der Waals surface area contributed by atoms with Crippen LogP contribution in [0.5, 0.6) is 11.5 Å². The molecule has 0 radical (unpaired) electrons. The molecule has 12 rings (SSSR count). The zero-order chi connectivity index (χ0) is 37.5. The van der Waals surface area contributed by atoms with Gasteiger partial charge in [0.2, 0.25) is 0 Å². The van der Waals surface area contributed by atoms with Crippen molar-refractivity contribution in [3.05, 3.63) is 239 Å². The van der Waals surface area contributed by atoms with E-state index in [1.165, 1.54) is 44.1 Å². The molecule has 1 N–H and O–H groups in total. The van der Waals surface area contributed by atoms with Crippen LogP contribution in [-0.2, 0) is 5.41 Å². The highest BCUT2D eigenvalue weighted by Gasteiger charge is 2.52. The Kier molecular flexibility index (Phi) is 6.87. The van der Waals surface area contributed by atoms with E-state index in [2.05, 4.69) is 210 Å². The largest absolute Gasteiger partial charge is 0.457 e. The SMILES string of the molecule is C1=C(c2cccc3c2C2(c4ccccc4Oc4ccccc42)c2ccccc2-3)NC(c2ccccc2)=NC1c1ccc(-n2c3ccccc3c3ccccc32)cc1. The second kappa shape index (κ2) is 12.3. The van der Waals surface area contributed by atoms with Crippen molar-refractivity contribution in [2.75, 3.05) is 0 Å². The number of benzene rings is 8. The van der Waals surface area contributed by atoms with Crippen LogP contribution in [-0.4, -0.2) is 10.4 Å². The second-order valence-corrected chi connectivity index (χ2v) is 15.1. The number of amidine groups is 1. The summed E-state index contributed by atoms with van der Waals surface area (Å²) in [5.74, 6) is 2.61. The van der Waals surface area contributed by atoms with Gasteiger partial charge in [0, 0.05) is 44.4 Å². The maximum atomic E-state index is 6.66. The molecule has 1 unspecified atom stereocenters. The molecule has 268 valence electrons. The first-order valence-corrected chi connectivity index (χ1v) is 19.6. The Morgan fingerprint density at radius 3 is 1.75 bits per heavy atom. The number of fused-ring (bicyclic) bond motifs is 12. The van der Waals surface area contributed by atoms with Crippen molar-refractivity contribution in [1.82, 2.24) is 9.88 Å². The van der Waals surface area contributed by atoms with Crippen LogP contribution in [0.4, 0.5) is 0 Å². The summed E-state index contributed by atoms with van der Waals surface area (Å²) < 4.78 is 9.03. The van der Waals surface area contributed by atoms with E-state index in [0.717, 1.165) is 56.5 Å². The van der Waals surface area contributed by atoms with Crippen molar-refractivity contribution < 1.29 is 4.74 Å². The van der Waals surface area contributed by atoms with Crippen LogP contribution in [0, 0.1) is 0 Å². The van der Waals surface area contributed by atoms with Crippen LogP contribution in [0.3, 0.4) is 0 Å². The zero-order valence-electron chi connectivity index (χ0n) is 30.9.